The second kappa shape index (κ2) is 7.31. The molecule has 0 unspecified atom stereocenters. The number of carbonyl (C=O) groups excluding carboxylic acids is 2. The van der Waals surface area contributed by atoms with Crippen LogP contribution in [0.1, 0.15) is 38.3 Å². The van der Waals surface area contributed by atoms with Crippen LogP contribution in [0.3, 0.4) is 0 Å². The summed E-state index contributed by atoms with van der Waals surface area (Å²) in [6.45, 7) is 10.6. The minimum atomic E-state index is -0.257. The minimum Gasteiger partial charge on any atom is -0.306 e. The Morgan fingerprint density at radius 1 is 1.13 bits per heavy atom. The summed E-state index contributed by atoms with van der Waals surface area (Å²) in [6.07, 6.45) is 2.47. The molecule has 1 aliphatic heterocycles. The molecule has 0 bridgehead atoms. The number of amides is 3. The minimum absolute atomic E-state index is 0.197. The molecule has 5 nitrogen and oxygen atoms in total. The number of anilines is 1. The first kappa shape index (κ1) is 17.1. The zero-order valence-corrected chi connectivity index (χ0v) is 14.2. The fourth-order valence-corrected chi connectivity index (χ4v) is 2.83. The Morgan fingerprint density at radius 3 is 2.22 bits per heavy atom. The molecule has 0 saturated carbocycles. The van der Waals surface area contributed by atoms with Crippen LogP contribution in [-0.4, -0.2) is 35.0 Å². The lowest BCUT2D eigenvalue weighted by molar-refractivity contribution is -0.135. The smallest absolute Gasteiger partial charge is 0.306 e. The monoisotopic (exact) mass is 315 g/mol. The van der Waals surface area contributed by atoms with Gasteiger partial charge in [0.2, 0.25) is 0 Å². The van der Waals surface area contributed by atoms with Gasteiger partial charge < -0.3 is 5.32 Å². The molecule has 1 aromatic rings. The van der Waals surface area contributed by atoms with Gasteiger partial charge in [-0.05, 0) is 37.3 Å². The number of para-hydroxylation sites is 1. The van der Waals surface area contributed by atoms with E-state index in [1.165, 1.54) is 10.0 Å². The van der Waals surface area contributed by atoms with E-state index in [-0.39, 0.29) is 11.9 Å². The van der Waals surface area contributed by atoms with Crippen molar-refractivity contribution in [3.05, 3.63) is 41.5 Å². The molecular formula is C18H25N3O2. The van der Waals surface area contributed by atoms with Gasteiger partial charge in [0.1, 0.15) is 0 Å². The molecule has 1 aliphatic rings. The summed E-state index contributed by atoms with van der Waals surface area (Å²) in [5, 5.41) is 5.98. The molecule has 1 saturated heterocycles. The first-order valence-electron chi connectivity index (χ1n) is 8.16. The molecule has 2 rings (SSSR count). The third-order valence-electron chi connectivity index (χ3n) is 4.10. The number of hydrogen-bond acceptors (Lipinski definition) is 2. The molecule has 0 radical (unpaired) electrons. The summed E-state index contributed by atoms with van der Waals surface area (Å²) in [7, 11) is 0. The van der Waals surface area contributed by atoms with Gasteiger partial charge in [0.15, 0.2) is 0 Å². The molecule has 0 aromatic heterocycles. The van der Waals surface area contributed by atoms with Crippen molar-refractivity contribution in [3.63, 3.8) is 0 Å². The average Bonchev–Trinajstić information content (AvgIpc) is 3.03. The maximum Gasteiger partial charge on any atom is 0.340 e. The maximum atomic E-state index is 12.7. The van der Waals surface area contributed by atoms with E-state index >= 15 is 0 Å². The van der Waals surface area contributed by atoms with Crippen LogP contribution in [0.15, 0.2) is 30.4 Å². The number of hydrazine groups is 1. The molecule has 1 fully saturated rings. The summed E-state index contributed by atoms with van der Waals surface area (Å²) in [6, 6.07) is 5.80. The van der Waals surface area contributed by atoms with Crippen molar-refractivity contribution in [1.29, 1.82) is 0 Å². The van der Waals surface area contributed by atoms with Gasteiger partial charge in [-0.15, -0.1) is 0 Å². The van der Waals surface area contributed by atoms with Crippen molar-refractivity contribution in [2.45, 2.75) is 40.0 Å². The van der Waals surface area contributed by atoms with Crippen LogP contribution in [0.25, 0.3) is 0 Å². The highest BCUT2D eigenvalue weighted by Gasteiger charge is 2.31. The zero-order chi connectivity index (χ0) is 17.0. The Hall–Kier alpha value is -2.30. The standard InChI is InChI=1S/C18H25N3O2/c1-5-14-9-7-10-15(6-2)16(14)19-18(23)21-12-8-11-20(21)17(22)13(3)4/h7,9-10H,3,5-6,8,11-12H2,1-2,4H3,(H,19,23). The van der Waals surface area contributed by atoms with E-state index in [0.717, 1.165) is 36.1 Å². The predicted octanol–water partition coefficient (Wildman–Crippen LogP) is 3.37. The average molecular weight is 315 g/mol. The third-order valence-corrected chi connectivity index (χ3v) is 4.10. The predicted molar refractivity (Wildman–Crippen MR) is 92.1 cm³/mol. The summed E-state index contributed by atoms with van der Waals surface area (Å²) in [5.74, 6) is -0.197. The van der Waals surface area contributed by atoms with Crippen molar-refractivity contribution < 1.29 is 9.59 Å². The lowest BCUT2D eigenvalue weighted by atomic mass is 10.0. The normalized spacial score (nSPS) is 14.0. The van der Waals surface area contributed by atoms with Gasteiger partial charge >= 0.3 is 6.03 Å². The van der Waals surface area contributed by atoms with Crippen molar-refractivity contribution in [2.24, 2.45) is 0 Å². The van der Waals surface area contributed by atoms with E-state index in [4.69, 9.17) is 0 Å². The molecule has 23 heavy (non-hydrogen) atoms. The number of urea groups is 1. The summed E-state index contributed by atoms with van der Waals surface area (Å²) in [4.78, 5) is 24.8. The number of nitrogens with one attached hydrogen (secondary N) is 1. The number of rotatable bonds is 4. The van der Waals surface area contributed by atoms with E-state index < -0.39 is 0 Å². The third kappa shape index (κ3) is 3.55. The van der Waals surface area contributed by atoms with Crippen molar-refractivity contribution in [1.82, 2.24) is 10.0 Å². The Kier molecular flexibility index (Phi) is 5.42. The van der Waals surface area contributed by atoms with Crippen LogP contribution in [-0.2, 0) is 17.6 Å². The van der Waals surface area contributed by atoms with Crippen LogP contribution >= 0.6 is 0 Å². The quantitative estimate of drug-likeness (QED) is 0.866. The summed E-state index contributed by atoms with van der Waals surface area (Å²) >= 11 is 0. The highest BCUT2D eigenvalue weighted by molar-refractivity contribution is 5.96. The van der Waals surface area contributed by atoms with E-state index in [1.54, 1.807) is 6.92 Å². The first-order chi connectivity index (χ1) is 11.0. The molecule has 3 amide bonds. The zero-order valence-electron chi connectivity index (χ0n) is 14.2. The number of carbonyl (C=O) groups is 2. The molecule has 1 heterocycles. The Bertz CT molecular complexity index is 602. The first-order valence-corrected chi connectivity index (χ1v) is 8.16. The largest absolute Gasteiger partial charge is 0.340 e. The van der Waals surface area contributed by atoms with Gasteiger partial charge in [-0.2, -0.15) is 0 Å². The Morgan fingerprint density at radius 2 is 1.70 bits per heavy atom. The Labute approximate surface area is 137 Å². The maximum absolute atomic E-state index is 12.7. The van der Waals surface area contributed by atoms with Crippen LogP contribution < -0.4 is 5.32 Å². The van der Waals surface area contributed by atoms with Gasteiger partial charge in [-0.1, -0.05) is 38.6 Å². The van der Waals surface area contributed by atoms with Crippen LogP contribution in [0.2, 0.25) is 0 Å². The lowest BCUT2D eigenvalue weighted by Crippen LogP contribution is -2.47. The van der Waals surface area contributed by atoms with Gasteiger partial charge in [-0.25, -0.2) is 14.8 Å². The van der Waals surface area contributed by atoms with E-state index in [0.29, 0.717) is 18.7 Å². The number of hydrogen-bond donors (Lipinski definition) is 1. The van der Waals surface area contributed by atoms with Crippen LogP contribution in [0.5, 0.6) is 0 Å². The molecule has 0 spiro atoms. The molecule has 0 aliphatic carbocycles. The van der Waals surface area contributed by atoms with Gasteiger partial charge in [0.05, 0.1) is 0 Å². The molecule has 1 aromatic carbocycles. The number of benzene rings is 1. The van der Waals surface area contributed by atoms with Crippen molar-refractivity contribution in [2.75, 3.05) is 18.4 Å². The van der Waals surface area contributed by atoms with Crippen LogP contribution in [0.4, 0.5) is 10.5 Å². The van der Waals surface area contributed by atoms with Crippen LogP contribution in [0, 0.1) is 0 Å². The second-order valence-corrected chi connectivity index (χ2v) is 5.77. The highest BCUT2D eigenvalue weighted by atomic mass is 16.2. The van der Waals surface area contributed by atoms with Crippen molar-refractivity contribution in [3.8, 4) is 0 Å². The SMILES string of the molecule is C=C(C)C(=O)N1CCCN1C(=O)Nc1c(CC)cccc1CC. The molecule has 5 heteroatoms. The van der Waals surface area contributed by atoms with E-state index in [2.05, 4.69) is 25.7 Å². The lowest BCUT2D eigenvalue weighted by Gasteiger charge is -2.28. The summed E-state index contributed by atoms with van der Waals surface area (Å²) < 4.78 is 0. The molecular weight excluding hydrogens is 290 g/mol. The molecule has 0 atom stereocenters. The van der Waals surface area contributed by atoms with Crippen molar-refractivity contribution >= 4 is 17.6 Å². The molecule has 124 valence electrons. The Balaban J connectivity index is 2.22. The second-order valence-electron chi connectivity index (χ2n) is 5.77. The van der Waals surface area contributed by atoms with E-state index in [9.17, 15) is 9.59 Å². The van der Waals surface area contributed by atoms with Gasteiger partial charge in [0.25, 0.3) is 5.91 Å². The number of aryl methyl sites for hydroxylation is 2. The fourth-order valence-electron chi connectivity index (χ4n) is 2.83. The number of nitrogens with zero attached hydrogens (tertiary/aromatic N) is 2. The van der Waals surface area contributed by atoms with E-state index in [1.807, 2.05) is 18.2 Å². The van der Waals surface area contributed by atoms with Gasteiger partial charge in [-0.3, -0.25) is 4.79 Å². The summed E-state index contributed by atoms with van der Waals surface area (Å²) in [5.41, 5.74) is 3.52. The fraction of sp³-hybridized carbons (Fsp3) is 0.444. The topological polar surface area (TPSA) is 52.7 Å². The highest BCUT2D eigenvalue weighted by Crippen LogP contribution is 2.24. The van der Waals surface area contributed by atoms with Gasteiger partial charge in [0, 0.05) is 24.4 Å². The molecule has 1 N–H and O–H groups in total.